The monoisotopic (exact) mass is 559 g/mol. The molecule has 2 aliphatic heterocycles. The number of nitrogens with one attached hydrogen (secondary N) is 1. The van der Waals surface area contributed by atoms with Crippen molar-refractivity contribution < 1.29 is 14.7 Å². The van der Waals surface area contributed by atoms with Crippen molar-refractivity contribution >= 4 is 34.4 Å². The van der Waals surface area contributed by atoms with E-state index < -0.39 is 0 Å². The van der Waals surface area contributed by atoms with Gasteiger partial charge in [0.05, 0.1) is 11.6 Å². The van der Waals surface area contributed by atoms with Crippen LogP contribution in [0, 0.1) is 5.92 Å². The highest BCUT2D eigenvalue weighted by Gasteiger charge is 2.31. The van der Waals surface area contributed by atoms with Crippen molar-refractivity contribution in [1.29, 1.82) is 0 Å². The Labute approximate surface area is 241 Å². The highest BCUT2D eigenvalue weighted by Crippen LogP contribution is 2.32. The van der Waals surface area contributed by atoms with E-state index in [1.165, 1.54) is 5.69 Å². The van der Waals surface area contributed by atoms with Crippen LogP contribution in [0.3, 0.4) is 0 Å². The zero-order chi connectivity index (χ0) is 28.5. The number of fused-ring (bicyclic) bond motifs is 1. The summed E-state index contributed by atoms with van der Waals surface area (Å²) < 4.78 is 2.10. The molecule has 10 heteroatoms. The summed E-state index contributed by atoms with van der Waals surface area (Å²) in [5.74, 6) is 1.87. The third-order valence-electron chi connectivity index (χ3n) is 9.17. The van der Waals surface area contributed by atoms with E-state index in [-0.39, 0.29) is 35.9 Å². The first kappa shape index (κ1) is 27.5. The van der Waals surface area contributed by atoms with Crippen LogP contribution in [0.2, 0.25) is 0 Å². The third-order valence-corrected chi connectivity index (χ3v) is 9.17. The van der Waals surface area contributed by atoms with Gasteiger partial charge in [0.15, 0.2) is 0 Å². The fourth-order valence-electron chi connectivity index (χ4n) is 6.77. The Kier molecular flexibility index (Phi) is 7.84. The molecule has 6 rings (SSSR count). The number of aliphatic hydroxyl groups excluding tert-OH is 1. The van der Waals surface area contributed by atoms with Gasteiger partial charge in [-0.05, 0) is 69.7 Å². The number of amides is 2. The molecule has 0 radical (unpaired) electrons. The second-order valence-electron chi connectivity index (χ2n) is 11.9. The lowest BCUT2D eigenvalue weighted by atomic mass is 9.85. The van der Waals surface area contributed by atoms with Crippen molar-refractivity contribution in [3.8, 4) is 5.82 Å². The minimum Gasteiger partial charge on any atom is -0.393 e. The van der Waals surface area contributed by atoms with Crippen LogP contribution in [0.15, 0.2) is 42.7 Å². The van der Waals surface area contributed by atoms with Crippen LogP contribution in [-0.4, -0.2) is 92.2 Å². The number of likely N-dealkylation sites (tertiary alicyclic amines) is 1. The van der Waals surface area contributed by atoms with Crippen molar-refractivity contribution in [3.63, 3.8) is 0 Å². The largest absolute Gasteiger partial charge is 0.393 e. The maximum atomic E-state index is 13.0. The molecular weight excluding hydrogens is 518 g/mol. The number of piperidine rings is 1. The van der Waals surface area contributed by atoms with E-state index in [2.05, 4.69) is 57.2 Å². The molecular formula is C31H41N7O3. The van der Waals surface area contributed by atoms with E-state index in [1.807, 2.05) is 15.9 Å². The fraction of sp³-hybridized carbons (Fsp3) is 0.548. The van der Waals surface area contributed by atoms with Gasteiger partial charge in [0.1, 0.15) is 5.82 Å². The fourth-order valence-corrected chi connectivity index (χ4v) is 6.77. The van der Waals surface area contributed by atoms with E-state index >= 15 is 0 Å². The third kappa shape index (κ3) is 5.75. The first-order valence-electron chi connectivity index (χ1n) is 15.1. The zero-order valence-corrected chi connectivity index (χ0v) is 24.1. The number of hydrogen-bond donors (Lipinski definition) is 2. The smallest absolute Gasteiger partial charge is 0.225 e. The molecule has 2 amide bonds. The topological polar surface area (TPSA) is 107 Å². The minimum absolute atomic E-state index is 0.0733. The summed E-state index contributed by atoms with van der Waals surface area (Å²) in [6, 6.07) is 10.9. The molecule has 3 fully saturated rings. The predicted molar refractivity (Wildman–Crippen MR) is 159 cm³/mol. The van der Waals surface area contributed by atoms with Crippen molar-refractivity contribution in [2.45, 2.75) is 70.6 Å². The van der Waals surface area contributed by atoms with Crippen LogP contribution < -0.4 is 10.2 Å². The Balaban J connectivity index is 1.12. The summed E-state index contributed by atoms with van der Waals surface area (Å²) in [4.78, 5) is 40.5. The van der Waals surface area contributed by atoms with Gasteiger partial charge in [0, 0.05) is 81.1 Å². The highest BCUT2D eigenvalue weighted by molar-refractivity contribution is 5.94. The first-order valence-corrected chi connectivity index (χ1v) is 15.1. The second-order valence-corrected chi connectivity index (χ2v) is 11.9. The van der Waals surface area contributed by atoms with Gasteiger partial charge in [0.2, 0.25) is 17.8 Å². The Hall–Kier alpha value is -3.66. The van der Waals surface area contributed by atoms with Crippen molar-refractivity contribution in [2.75, 3.05) is 42.9 Å². The predicted octanol–water partition coefficient (Wildman–Crippen LogP) is 3.43. The molecule has 1 saturated carbocycles. The van der Waals surface area contributed by atoms with Crippen molar-refractivity contribution in [1.82, 2.24) is 24.3 Å². The maximum Gasteiger partial charge on any atom is 0.225 e. The van der Waals surface area contributed by atoms with Crippen molar-refractivity contribution in [3.05, 3.63) is 42.7 Å². The van der Waals surface area contributed by atoms with E-state index in [4.69, 9.17) is 4.98 Å². The molecule has 1 atom stereocenters. The molecule has 3 aromatic rings. The Bertz CT molecular complexity index is 1390. The van der Waals surface area contributed by atoms with Gasteiger partial charge in [-0.3, -0.25) is 9.59 Å². The summed E-state index contributed by atoms with van der Waals surface area (Å²) in [7, 11) is 0. The number of aliphatic hydroxyl groups is 1. The molecule has 2 aromatic heterocycles. The lowest BCUT2D eigenvalue weighted by Gasteiger charge is -2.41. The number of carbonyl (C=O) groups is 2. The van der Waals surface area contributed by atoms with Crippen molar-refractivity contribution in [2.24, 2.45) is 5.92 Å². The average molecular weight is 560 g/mol. The van der Waals surface area contributed by atoms with E-state index in [0.29, 0.717) is 31.9 Å². The number of rotatable bonds is 5. The lowest BCUT2D eigenvalue weighted by Crippen LogP contribution is -2.53. The van der Waals surface area contributed by atoms with E-state index in [9.17, 15) is 14.7 Å². The number of aromatic nitrogens is 3. The number of piperazine rings is 1. The van der Waals surface area contributed by atoms with Gasteiger partial charge in [-0.15, -0.1) is 0 Å². The normalized spacial score (nSPS) is 24.1. The average Bonchev–Trinajstić information content (AvgIpc) is 3.42. The van der Waals surface area contributed by atoms with Gasteiger partial charge >= 0.3 is 0 Å². The van der Waals surface area contributed by atoms with Crippen LogP contribution in [-0.2, 0) is 9.59 Å². The molecule has 41 heavy (non-hydrogen) atoms. The molecule has 218 valence electrons. The van der Waals surface area contributed by atoms with Crippen LogP contribution >= 0.6 is 0 Å². The molecule has 1 aromatic carbocycles. The Morgan fingerprint density at radius 3 is 2.46 bits per heavy atom. The van der Waals surface area contributed by atoms with Gasteiger partial charge in [-0.2, -0.15) is 4.98 Å². The molecule has 1 aliphatic carbocycles. The molecule has 10 nitrogen and oxygen atoms in total. The summed E-state index contributed by atoms with van der Waals surface area (Å²) in [6.45, 7) is 7.43. The molecule has 4 heterocycles. The number of benzene rings is 1. The molecule has 0 unspecified atom stereocenters. The summed E-state index contributed by atoms with van der Waals surface area (Å²) in [5, 5.41) is 14.4. The van der Waals surface area contributed by atoms with E-state index in [0.717, 1.165) is 62.0 Å². The van der Waals surface area contributed by atoms with Crippen LogP contribution in [0.4, 0.5) is 11.6 Å². The molecule has 2 N–H and O–H groups in total. The quantitative estimate of drug-likeness (QED) is 0.493. The van der Waals surface area contributed by atoms with Gasteiger partial charge in [-0.25, -0.2) is 4.98 Å². The summed E-state index contributed by atoms with van der Waals surface area (Å²) >= 11 is 0. The maximum absolute atomic E-state index is 13.0. The zero-order valence-electron chi connectivity index (χ0n) is 24.1. The second kappa shape index (κ2) is 11.7. The molecule has 0 bridgehead atoms. The van der Waals surface area contributed by atoms with Gasteiger partial charge in [-0.1, -0.05) is 6.07 Å². The Morgan fingerprint density at radius 2 is 1.73 bits per heavy atom. The summed E-state index contributed by atoms with van der Waals surface area (Å²) in [5.41, 5.74) is 2.26. The van der Waals surface area contributed by atoms with Crippen LogP contribution in [0.5, 0.6) is 0 Å². The highest BCUT2D eigenvalue weighted by atomic mass is 16.3. The van der Waals surface area contributed by atoms with Gasteiger partial charge < -0.3 is 29.7 Å². The minimum atomic E-state index is -0.264. The van der Waals surface area contributed by atoms with Crippen LogP contribution in [0.1, 0.15) is 52.4 Å². The standard InChI is InChI=1S/C31H41N7O3/c1-21-20-36(22(2)39)18-19-37(21)27-4-3-5-28-26(27)13-17-38(28)29-10-14-32-31(34-29)33-24-8-6-23(7-9-24)30(41)35-15-11-25(40)12-16-35/h3-5,10,13-14,17,21,23-25,40H,6-9,11-12,15-16,18-20H2,1-2H3,(H,32,33,34)/t21-,23?,24?/m1/s1. The number of anilines is 2. The number of hydrogen-bond acceptors (Lipinski definition) is 7. The SMILES string of the molecule is CC(=O)N1CCN(c2cccc3c2ccn3-c2ccnc(NC3CCC(C(=O)N4CCC(O)CC4)CC3)n2)[C@H](C)C1. The molecule has 0 spiro atoms. The summed E-state index contributed by atoms with van der Waals surface area (Å²) in [6.07, 6.45) is 8.50. The molecule has 3 aliphatic rings. The van der Waals surface area contributed by atoms with Gasteiger partial charge in [0.25, 0.3) is 0 Å². The number of nitrogens with zero attached hydrogens (tertiary/aromatic N) is 6. The lowest BCUT2D eigenvalue weighted by molar-refractivity contribution is -0.138. The Morgan fingerprint density at radius 1 is 0.951 bits per heavy atom. The van der Waals surface area contributed by atoms with Crippen LogP contribution in [0.25, 0.3) is 16.7 Å². The first-order chi connectivity index (χ1) is 19.9. The number of carbonyl (C=O) groups excluding carboxylic acids is 2. The van der Waals surface area contributed by atoms with E-state index in [1.54, 1.807) is 13.1 Å². The molecule has 2 saturated heterocycles.